The molecule has 5 rings (SSSR count). The first-order chi connectivity index (χ1) is 55.6. The van der Waals surface area contributed by atoms with Crippen molar-refractivity contribution in [1.29, 1.82) is 0 Å². The van der Waals surface area contributed by atoms with Crippen LogP contribution < -0.4 is 37.2 Å². The van der Waals surface area contributed by atoms with E-state index in [2.05, 4.69) is 57.3 Å². The van der Waals surface area contributed by atoms with Crippen LogP contribution in [0.5, 0.6) is 0 Å². The molecule has 116 heavy (non-hydrogen) atoms. The predicted molar refractivity (Wildman–Crippen MR) is 419 cm³/mol. The molecular weight excluding hydrogens is 1560 g/mol. The van der Waals surface area contributed by atoms with Gasteiger partial charge in [-0.3, -0.25) is 43.4 Å². The van der Waals surface area contributed by atoms with Gasteiger partial charge in [-0.2, -0.15) is 28.8 Å². The maximum Gasteiger partial charge on any atom is 0.373 e. The summed E-state index contributed by atoms with van der Waals surface area (Å²) in [5.41, 5.74) is 4.39. The number of aromatic nitrogens is 3. The highest BCUT2D eigenvalue weighted by atomic mass is 35.5. The fourth-order valence-corrected chi connectivity index (χ4v) is 12.0. The van der Waals surface area contributed by atoms with E-state index in [4.69, 9.17) is 71.9 Å². The van der Waals surface area contributed by atoms with Gasteiger partial charge in [0.1, 0.15) is 17.5 Å². The molecule has 1 saturated heterocycles. The molecule has 4 aromatic rings. The molecule has 0 spiro atoms. The second-order valence-electron chi connectivity index (χ2n) is 26.7. The van der Waals surface area contributed by atoms with E-state index < -0.39 is 71.6 Å². The number of carbonyl (C=O) groups is 10. The molecule has 4 atom stereocenters. The molecule has 4 unspecified atom stereocenters. The monoisotopic (exact) mass is 1670 g/mol. The number of ether oxygens (including phenoxy) is 3. The number of halogens is 1. The fourth-order valence-electron chi connectivity index (χ4n) is 11.6. The lowest BCUT2D eigenvalue weighted by Gasteiger charge is -2.36. The Kier molecular flexibility index (Phi) is 54.0. The van der Waals surface area contributed by atoms with Crippen molar-refractivity contribution in [3.8, 4) is 11.3 Å². The summed E-state index contributed by atoms with van der Waals surface area (Å²) in [4.78, 5) is 180. The maximum absolute atomic E-state index is 14.0. The van der Waals surface area contributed by atoms with E-state index in [-0.39, 0.29) is 141 Å². The molecule has 1 aliphatic heterocycles. The van der Waals surface area contributed by atoms with E-state index in [1.54, 1.807) is 41.2 Å². The Morgan fingerprint density at radius 2 is 1.13 bits per heavy atom. The molecule has 0 bridgehead atoms. The number of aliphatic carboxylic acids is 5. The number of benzene rings is 3. The van der Waals surface area contributed by atoms with Gasteiger partial charge in [0.05, 0.1) is 77.4 Å². The Balaban J connectivity index is 0.00000483. The predicted octanol–water partition coefficient (Wildman–Crippen LogP) is 3.82. The first-order valence-electron chi connectivity index (χ1n) is 37.6. The summed E-state index contributed by atoms with van der Waals surface area (Å²) >= 11 is 11.6. The van der Waals surface area contributed by atoms with Crippen molar-refractivity contribution < 1.29 is 116 Å². The van der Waals surface area contributed by atoms with Crippen LogP contribution in [0.4, 0.5) is 21.0 Å². The highest BCUT2D eigenvalue weighted by molar-refractivity contribution is 7.80. The summed E-state index contributed by atoms with van der Waals surface area (Å²) in [7, 11) is 4.05. The lowest BCUT2D eigenvalue weighted by Crippen LogP contribution is -2.50. The van der Waals surface area contributed by atoms with E-state index in [9.17, 15) is 68.4 Å². The number of urea groups is 2. The Bertz CT molecular complexity index is 3720. The van der Waals surface area contributed by atoms with Crippen molar-refractivity contribution in [3.63, 3.8) is 0 Å². The summed E-state index contributed by atoms with van der Waals surface area (Å²) in [6.45, 7) is 6.12. The summed E-state index contributed by atoms with van der Waals surface area (Å²) in [5, 5.41) is 76.7. The van der Waals surface area contributed by atoms with Gasteiger partial charge in [-0.05, 0) is 138 Å². The van der Waals surface area contributed by atoms with Crippen molar-refractivity contribution in [3.05, 3.63) is 95.1 Å². The van der Waals surface area contributed by atoms with Gasteiger partial charge >= 0.3 is 60.4 Å². The summed E-state index contributed by atoms with van der Waals surface area (Å²) < 4.78 is 18.7. The zero-order valence-corrected chi connectivity index (χ0v) is 66.8. The summed E-state index contributed by atoms with van der Waals surface area (Å²) in [5.74, 6) is -6.98. The summed E-state index contributed by atoms with van der Waals surface area (Å²) in [6.07, 6.45) is 7.59. The number of nitrogens with zero attached hydrogens (tertiary/aromatic N) is 7. The van der Waals surface area contributed by atoms with Gasteiger partial charge in [-0.25, -0.2) is 19.1 Å². The number of carboxylic acid groups (broad SMARTS) is 5. The molecule has 0 aliphatic carbocycles. The molecule has 12 N–H and O–H groups in total. The molecule has 1 aromatic heterocycles. The number of amides is 5. The van der Waals surface area contributed by atoms with Gasteiger partial charge in [-0.15, -0.1) is 5.10 Å². The average molecular weight is 1670 g/mol. The van der Waals surface area contributed by atoms with Gasteiger partial charge in [-0.1, -0.05) is 66.1 Å². The number of Topliss-reactive ketones (excluding diaryl/α,β-unsaturated/α-hetero) is 2. The maximum atomic E-state index is 14.0. The van der Waals surface area contributed by atoms with Gasteiger partial charge in [0.25, 0.3) is 0 Å². The van der Waals surface area contributed by atoms with Crippen molar-refractivity contribution in [1.82, 2.24) is 61.2 Å². The average Bonchev–Trinajstić information content (AvgIpc) is 1.64. The minimum absolute atomic E-state index is 0.0347. The first kappa shape index (κ1) is 101. The van der Waals surface area contributed by atoms with Crippen LogP contribution >= 0.6 is 23.8 Å². The van der Waals surface area contributed by atoms with Crippen LogP contribution in [0.15, 0.2) is 79.0 Å². The molecular formula is C76H107ClN14O24S. The first-order valence-corrected chi connectivity index (χ1v) is 38.4. The van der Waals surface area contributed by atoms with Gasteiger partial charge < -0.3 is 86.8 Å². The van der Waals surface area contributed by atoms with E-state index >= 15 is 0 Å². The molecule has 3 aromatic carbocycles. The second kappa shape index (κ2) is 61.7. The molecule has 1 fully saturated rings. The lowest BCUT2D eigenvalue weighted by atomic mass is 9.91. The number of anilines is 2. The molecule has 2 heterocycles. The quantitative estimate of drug-likeness (QED) is 0.0221. The number of carbonyl (C=O) groups excluding carboxylic acids is 11. The number of nitrogens with one attached hydrogen (secondary N) is 7. The number of carboxylic acids is 5. The lowest BCUT2D eigenvalue weighted by molar-refractivity contribution is -0.193. The highest BCUT2D eigenvalue weighted by Crippen LogP contribution is 2.23. The molecule has 1 aliphatic rings. The standard InChI is InChI=1S/C73H107ClN14O18S.3CO2/c1-84-31-33-85(2)59(48-87(51-68(96)97)36-35-86(34-32-84)50-67(94)95)44-52-21-25-57(26-22-52)79-73(107)77-29-9-6-16-61(64(90)47-55(69(98)99)12-4-3-5-15-60(89)45-53-19-23-56(74)24-20-53)80-65(91)27-38-104-40-42-106-43-41-105-39-37-88-49-63(82-83-88)54-13-10-14-58(46-54)78-71(102)75-28-8-7-17-62(70(100)101)81-72(103)76-30-11-18-66(92)93;3*2-1-3/h10,13-14,19-26,46,49,55,59,61-62H,3-9,11-12,15-18,27-45,47-48,50-51H2,1-2H3,(H,80,91)(H,92,93)(H,94,95)(H,96,97)(H,98,99)(H,100,101)(H2,75,78,102)(H2,76,81,103)(H2,77,79,107);;;. The normalized spacial score (nSPS) is 14.0. The third kappa shape index (κ3) is 49.2. The number of likely N-dealkylation sites (N-methyl/N-ethyl adjacent to an activating group) is 2. The van der Waals surface area contributed by atoms with Crippen LogP contribution in [-0.2, 0) is 101 Å². The SMILES string of the molecule is CN1CCN(CC(=O)O)CCN(CC(=O)O)CC(Cc2ccc(NC(=S)NCCCCC(NC(=O)CCOCCOCCOCCn3cc(-c4cccc(NC(=O)NCCCCC(NC(=O)NCCCC(=O)O)C(=O)O)c4)nn3)C(=O)CC(CCCCCC(=O)Cc3ccc(Cl)cc3)C(=O)O)cc2)N(C)CC1.O=C=O.O=C=O.O=C=O. The van der Waals surface area contributed by atoms with Crippen LogP contribution in [0.3, 0.4) is 0 Å². The molecule has 0 radical (unpaired) electrons. The van der Waals surface area contributed by atoms with Gasteiger partial charge in [0, 0.05) is 126 Å². The Labute approximate surface area is 681 Å². The highest BCUT2D eigenvalue weighted by Gasteiger charge is 2.29. The van der Waals surface area contributed by atoms with E-state index in [1.807, 2.05) is 66.4 Å². The molecule has 0 saturated carbocycles. The Hall–Kier alpha value is -10.7. The number of hydrogen-bond acceptors (Lipinski definition) is 26. The third-order valence-electron chi connectivity index (χ3n) is 17.7. The minimum Gasteiger partial charge on any atom is -0.481 e. The van der Waals surface area contributed by atoms with Crippen molar-refractivity contribution >= 4 is 118 Å². The number of rotatable bonds is 50. The largest absolute Gasteiger partial charge is 0.481 e. The van der Waals surface area contributed by atoms with Crippen LogP contribution in [0.1, 0.15) is 107 Å². The number of ketones is 2. The van der Waals surface area contributed by atoms with Gasteiger partial charge in [0.15, 0.2) is 10.9 Å². The fraction of sp³-hybridized carbons (Fsp3) is 0.553. The van der Waals surface area contributed by atoms with E-state index in [0.29, 0.717) is 137 Å². The topological polar surface area (TPSA) is 530 Å². The zero-order chi connectivity index (χ0) is 85.8. The van der Waals surface area contributed by atoms with E-state index in [1.165, 1.54) is 0 Å². The number of thiocarbonyl (C=S) groups is 1. The Morgan fingerprint density at radius 3 is 1.77 bits per heavy atom. The minimum atomic E-state index is -1.22. The molecule has 638 valence electrons. The number of hydrogen-bond donors (Lipinski definition) is 12. The molecule has 40 heteroatoms. The third-order valence-corrected chi connectivity index (χ3v) is 18.2. The smallest absolute Gasteiger partial charge is 0.373 e. The second-order valence-corrected chi connectivity index (χ2v) is 27.6. The molecule has 38 nitrogen and oxygen atoms in total. The Morgan fingerprint density at radius 1 is 0.560 bits per heavy atom. The van der Waals surface area contributed by atoms with Crippen LogP contribution in [-0.4, -0.2) is 293 Å². The van der Waals surface area contributed by atoms with Crippen LogP contribution in [0.25, 0.3) is 11.3 Å². The van der Waals surface area contributed by atoms with Crippen molar-refractivity contribution in [2.45, 2.75) is 134 Å². The van der Waals surface area contributed by atoms with Crippen LogP contribution in [0, 0.1) is 5.92 Å². The van der Waals surface area contributed by atoms with Gasteiger partial charge in [0.2, 0.25) is 5.91 Å². The molecule has 5 amide bonds. The van der Waals surface area contributed by atoms with Crippen molar-refractivity contribution in [2.24, 2.45) is 5.92 Å². The van der Waals surface area contributed by atoms with Crippen LogP contribution in [0.2, 0.25) is 5.02 Å². The van der Waals surface area contributed by atoms with Crippen molar-refractivity contribution in [2.75, 3.05) is 143 Å². The summed E-state index contributed by atoms with van der Waals surface area (Å²) in [6, 6.07) is 18.6. The zero-order valence-electron chi connectivity index (χ0n) is 65.2. The number of unbranched alkanes of at least 4 members (excludes halogenated alkanes) is 4. The van der Waals surface area contributed by atoms with E-state index in [0.717, 1.165) is 29.9 Å².